The van der Waals surface area contributed by atoms with Crippen LogP contribution in [-0.2, 0) is 25.4 Å². The van der Waals surface area contributed by atoms with Crippen molar-refractivity contribution < 1.29 is 54.9 Å². The molecule has 49 heavy (non-hydrogen) atoms. The Hall–Kier alpha value is -4.67. The SMILES string of the molecule is COC(=O)N(C(=O)[C@@H](N)[C@@H](c1ccc(F)cc1)c1cccc(F)c1)c1cccc(F)c1CC[C@@H]1CN[C@H](COC(=O)NCC(F)(F)F)CO1. The number of anilines is 1. The molecule has 0 unspecified atom stereocenters. The van der Waals surface area contributed by atoms with Gasteiger partial charge in [-0.2, -0.15) is 13.2 Å². The van der Waals surface area contributed by atoms with Gasteiger partial charge in [0.1, 0.15) is 30.6 Å². The number of halogens is 6. The van der Waals surface area contributed by atoms with E-state index >= 15 is 4.39 Å². The lowest BCUT2D eigenvalue weighted by molar-refractivity contribution is -0.124. The Kier molecular flexibility index (Phi) is 12.6. The Labute approximate surface area is 277 Å². The van der Waals surface area contributed by atoms with E-state index in [0.717, 1.165) is 31.4 Å². The van der Waals surface area contributed by atoms with Crippen LogP contribution in [0.3, 0.4) is 0 Å². The van der Waals surface area contributed by atoms with Crippen molar-refractivity contribution in [1.29, 1.82) is 0 Å². The highest BCUT2D eigenvalue weighted by molar-refractivity contribution is 6.15. The summed E-state index contributed by atoms with van der Waals surface area (Å²) in [6.45, 7) is -1.57. The standard InChI is InChI=1S/C33H34F6N4O6/c1-47-32(46)43(30(44)29(40)28(19-8-10-21(34)11-9-19)20-4-2-5-22(35)14-20)27-7-3-6-26(36)25(27)13-12-24-15-41-23(16-48-24)17-49-31(45)42-18-33(37,38)39/h2-11,14,23-24,28-29,41H,12-13,15-18,40H2,1H3,(H,42,45)/t23-,24+,28-,29-/m0/s1. The monoisotopic (exact) mass is 696 g/mol. The third kappa shape index (κ3) is 10.2. The third-order valence-corrected chi connectivity index (χ3v) is 7.73. The number of methoxy groups -OCH3 is 1. The molecule has 3 amide bonds. The molecule has 264 valence electrons. The summed E-state index contributed by atoms with van der Waals surface area (Å²) in [6, 6.07) is 12.1. The van der Waals surface area contributed by atoms with E-state index in [9.17, 15) is 36.3 Å². The number of nitrogens with two attached hydrogens (primary N) is 1. The van der Waals surface area contributed by atoms with E-state index < -0.39 is 72.4 Å². The molecule has 4 N–H and O–H groups in total. The van der Waals surface area contributed by atoms with Crippen LogP contribution in [0.1, 0.15) is 29.0 Å². The van der Waals surface area contributed by atoms with Crippen molar-refractivity contribution in [2.45, 2.75) is 43.1 Å². The van der Waals surface area contributed by atoms with Crippen molar-refractivity contribution >= 4 is 23.8 Å². The average molecular weight is 697 g/mol. The van der Waals surface area contributed by atoms with Gasteiger partial charge in [-0.1, -0.05) is 30.3 Å². The molecule has 1 saturated heterocycles. The van der Waals surface area contributed by atoms with Crippen LogP contribution in [0.4, 0.5) is 41.6 Å². The zero-order chi connectivity index (χ0) is 35.7. The second kappa shape index (κ2) is 16.6. The molecule has 1 fully saturated rings. The predicted octanol–water partition coefficient (Wildman–Crippen LogP) is 4.94. The summed E-state index contributed by atoms with van der Waals surface area (Å²) < 4.78 is 95.7. The highest BCUT2D eigenvalue weighted by Gasteiger charge is 2.37. The largest absolute Gasteiger partial charge is 0.452 e. The number of rotatable bonds is 11. The highest BCUT2D eigenvalue weighted by Crippen LogP contribution is 2.32. The van der Waals surface area contributed by atoms with Crippen LogP contribution in [0.5, 0.6) is 0 Å². The summed E-state index contributed by atoms with van der Waals surface area (Å²) in [4.78, 5) is 39.3. The first-order chi connectivity index (χ1) is 23.3. The number of benzene rings is 3. The Morgan fingerprint density at radius 1 is 1.02 bits per heavy atom. The first kappa shape index (κ1) is 37.2. The number of imide groups is 1. The van der Waals surface area contributed by atoms with E-state index in [0.29, 0.717) is 10.5 Å². The first-order valence-electron chi connectivity index (χ1n) is 15.1. The molecule has 4 atom stereocenters. The molecule has 0 radical (unpaired) electrons. The Bertz CT molecular complexity index is 1600. The van der Waals surface area contributed by atoms with Gasteiger partial charge < -0.3 is 30.6 Å². The molecular weight excluding hydrogens is 662 g/mol. The lowest BCUT2D eigenvalue weighted by Crippen LogP contribution is -2.50. The number of carbonyl (C=O) groups excluding carboxylic acids is 3. The van der Waals surface area contributed by atoms with Gasteiger partial charge in [0, 0.05) is 18.0 Å². The molecule has 16 heteroatoms. The molecule has 1 heterocycles. The van der Waals surface area contributed by atoms with Gasteiger partial charge in [0.2, 0.25) is 0 Å². The van der Waals surface area contributed by atoms with Gasteiger partial charge in [-0.3, -0.25) is 4.79 Å². The molecular formula is C33H34F6N4O6. The minimum absolute atomic E-state index is 0.0217. The van der Waals surface area contributed by atoms with Gasteiger partial charge in [0.05, 0.1) is 37.6 Å². The molecule has 1 aliphatic rings. The van der Waals surface area contributed by atoms with Gasteiger partial charge in [-0.15, -0.1) is 0 Å². The average Bonchev–Trinajstić information content (AvgIpc) is 3.07. The lowest BCUT2D eigenvalue weighted by Gasteiger charge is -2.31. The van der Waals surface area contributed by atoms with Crippen LogP contribution < -0.4 is 21.3 Å². The molecule has 3 aromatic carbocycles. The van der Waals surface area contributed by atoms with Crippen LogP contribution in [-0.4, -0.2) is 75.9 Å². The second-order valence-electron chi connectivity index (χ2n) is 11.2. The highest BCUT2D eigenvalue weighted by atomic mass is 19.4. The lowest BCUT2D eigenvalue weighted by atomic mass is 9.84. The maximum atomic E-state index is 15.4. The van der Waals surface area contributed by atoms with E-state index in [1.54, 1.807) is 5.32 Å². The molecule has 1 aliphatic heterocycles. The summed E-state index contributed by atoms with van der Waals surface area (Å²) in [7, 11) is 1.03. The molecule has 0 aromatic heterocycles. The zero-order valence-electron chi connectivity index (χ0n) is 26.1. The number of alkyl carbamates (subject to hydrolysis) is 1. The summed E-state index contributed by atoms with van der Waals surface area (Å²) in [6.07, 6.45) is -7.32. The zero-order valence-corrected chi connectivity index (χ0v) is 26.1. The van der Waals surface area contributed by atoms with Crippen LogP contribution >= 0.6 is 0 Å². The van der Waals surface area contributed by atoms with Crippen LogP contribution in [0.2, 0.25) is 0 Å². The first-order valence-corrected chi connectivity index (χ1v) is 15.1. The Morgan fingerprint density at radius 3 is 2.37 bits per heavy atom. The summed E-state index contributed by atoms with van der Waals surface area (Å²) >= 11 is 0. The fourth-order valence-electron chi connectivity index (χ4n) is 5.34. The number of hydrogen-bond acceptors (Lipinski definition) is 8. The van der Waals surface area contributed by atoms with Gasteiger partial charge in [-0.05, 0) is 60.4 Å². The topological polar surface area (TPSA) is 132 Å². The maximum absolute atomic E-state index is 15.4. The van der Waals surface area contributed by atoms with Crippen molar-refractivity contribution in [2.75, 3.05) is 38.3 Å². The van der Waals surface area contributed by atoms with Gasteiger partial charge in [0.15, 0.2) is 0 Å². The minimum Gasteiger partial charge on any atom is -0.452 e. The van der Waals surface area contributed by atoms with Crippen LogP contribution in [0.15, 0.2) is 66.7 Å². The molecule has 3 aromatic rings. The normalized spacial score (nSPS) is 17.5. The molecule has 4 rings (SSSR count). The van der Waals surface area contributed by atoms with Crippen molar-refractivity contribution in [3.05, 3.63) is 101 Å². The smallest absolute Gasteiger partial charge is 0.420 e. The summed E-state index contributed by atoms with van der Waals surface area (Å²) in [5.41, 5.74) is 6.93. The van der Waals surface area contributed by atoms with Crippen molar-refractivity contribution in [2.24, 2.45) is 5.73 Å². The number of amides is 3. The molecule has 0 saturated carbocycles. The van der Waals surface area contributed by atoms with Crippen LogP contribution in [0, 0.1) is 17.5 Å². The minimum atomic E-state index is -4.58. The fraction of sp³-hybridized carbons (Fsp3) is 0.364. The number of nitrogens with one attached hydrogen (secondary N) is 2. The fourth-order valence-corrected chi connectivity index (χ4v) is 5.34. The number of ether oxygens (including phenoxy) is 3. The quantitative estimate of drug-likeness (QED) is 0.241. The van der Waals surface area contributed by atoms with Gasteiger partial charge in [-0.25, -0.2) is 27.7 Å². The molecule has 0 bridgehead atoms. The Balaban J connectivity index is 1.49. The van der Waals surface area contributed by atoms with E-state index in [2.05, 4.69) is 5.32 Å². The van der Waals surface area contributed by atoms with E-state index in [1.807, 2.05) is 0 Å². The third-order valence-electron chi connectivity index (χ3n) is 7.73. The van der Waals surface area contributed by atoms with Crippen LogP contribution in [0.25, 0.3) is 0 Å². The number of hydrogen-bond donors (Lipinski definition) is 3. The van der Waals surface area contributed by atoms with Crippen molar-refractivity contribution in [3.8, 4) is 0 Å². The number of alkyl halides is 3. The van der Waals surface area contributed by atoms with Gasteiger partial charge in [0.25, 0.3) is 5.91 Å². The Morgan fingerprint density at radius 2 is 1.73 bits per heavy atom. The van der Waals surface area contributed by atoms with E-state index in [-0.39, 0.29) is 49.4 Å². The van der Waals surface area contributed by atoms with Gasteiger partial charge >= 0.3 is 18.4 Å². The van der Waals surface area contributed by atoms with Crippen molar-refractivity contribution in [1.82, 2.24) is 10.6 Å². The summed E-state index contributed by atoms with van der Waals surface area (Å²) in [5, 5.41) is 4.64. The summed E-state index contributed by atoms with van der Waals surface area (Å²) in [5.74, 6) is -3.98. The number of nitrogens with zero attached hydrogens (tertiary/aromatic N) is 1. The van der Waals surface area contributed by atoms with E-state index in [4.69, 9.17) is 19.9 Å². The molecule has 0 spiro atoms. The van der Waals surface area contributed by atoms with E-state index in [1.165, 1.54) is 42.5 Å². The number of carbonyl (C=O) groups is 3. The molecule has 10 nitrogen and oxygen atoms in total. The maximum Gasteiger partial charge on any atom is 0.420 e. The second-order valence-corrected chi connectivity index (χ2v) is 11.2. The predicted molar refractivity (Wildman–Crippen MR) is 164 cm³/mol. The molecule has 0 aliphatic carbocycles. The number of morpholine rings is 1. The van der Waals surface area contributed by atoms with Crippen molar-refractivity contribution in [3.63, 3.8) is 0 Å².